The Morgan fingerprint density at radius 1 is 1.50 bits per heavy atom. The van der Waals surface area contributed by atoms with Crippen molar-refractivity contribution in [2.24, 2.45) is 0 Å². The summed E-state index contributed by atoms with van der Waals surface area (Å²) in [4.78, 5) is 14.4. The van der Waals surface area contributed by atoms with Gasteiger partial charge < -0.3 is 9.30 Å². The lowest BCUT2D eigenvalue weighted by Crippen LogP contribution is -2.05. The lowest BCUT2D eigenvalue weighted by Gasteiger charge is -2.10. The van der Waals surface area contributed by atoms with E-state index < -0.39 is 4.92 Å². The Morgan fingerprint density at radius 3 is 3.00 bits per heavy atom. The molecule has 0 bridgehead atoms. The fraction of sp³-hybridized carbons (Fsp3) is 0.308. The van der Waals surface area contributed by atoms with Crippen LogP contribution in [0.1, 0.15) is 19.0 Å². The van der Waals surface area contributed by atoms with Crippen molar-refractivity contribution >= 4 is 21.6 Å². The average Bonchev–Trinajstić information content (AvgIpc) is 2.85. The number of hydrogen-bond acceptors (Lipinski definition) is 4. The minimum Gasteiger partial charge on any atom is -0.486 e. The summed E-state index contributed by atoms with van der Waals surface area (Å²) in [6.07, 6.45) is 4.50. The van der Waals surface area contributed by atoms with Gasteiger partial charge in [0.15, 0.2) is 0 Å². The molecule has 0 aliphatic carbocycles. The molecule has 0 radical (unpaired) electrons. The van der Waals surface area contributed by atoms with Crippen molar-refractivity contribution in [3.05, 3.63) is 51.0 Å². The van der Waals surface area contributed by atoms with E-state index in [-0.39, 0.29) is 5.69 Å². The summed E-state index contributed by atoms with van der Waals surface area (Å²) in [5.74, 6) is 0.448. The lowest BCUT2D eigenvalue weighted by atomic mass is 10.3. The van der Waals surface area contributed by atoms with Gasteiger partial charge in [0.25, 0.3) is 5.69 Å². The molecular formula is C13H14BrN3O3. The molecule has 1 heterocycles. The summed E-state index contributed by atoms with van der Waals surface area (Å²) < 4.78 is 8.34. The molecule has 0 aliphatic rings. The number of benzene rings is 1. The average molecular weight is 340 g/mol. The van der Waals surface area contributed by atoms with Crippen LogP contribution in [-0.4, -0.2) is 14.5 Å². The Balaban J connectivity index is 2.12. The first-order valence-corrected chi connectivity index (χ1v) is 6.97. The normalized spacial score (nSPS) is 10.5. The predicted molar refractivity (Wildman–Crippen MR) is 77.6 cm³/mol. The number of hydrogen-bond donors (Lipinski definition) is 0. The summed E-state index contributed by atoms with van der Waals surface area (Å²) in [7, 11) is 0. The second-order valence-electron chi connectivity index (χ2n) is 4.24. The van der Waals surface area contributed by atoms with E-state index in [1.807, 2.05) is 4.57 Å². The molecule has 7 heteroatoms. The zero-order chi connectivity index (χ0) is 14.5. The van der Waals surface area contributed by atoms with Gasteiger partial charge in [0.1, 0.15) is 12.4 Å². The van der Waals surface area contributed by atoms with Crippen LogP contribution in [0.2, 0.25) is 0 Å². The van der Waals surface area contributed by atoms with E-state index in [4.69, 9.17) is 4.74 Å². The Labute approximate surface area is 124 Å². The van der Waals surface area contributed by atoms with E-state index in [0.717, 1.165) is 18.7 Å². The van der Waals surface area contributed by atoms with Gasteiger partial charge in [-0.05, 0) is 28.4 Å². The van der Waals surface area contributed by atoms with Gasteiger partial charge in [-0.25, -0.2) is 4.98 Å². The summed E-state index contributed by atoms with van der Waals surface area (Å²) in [6.45, 7) is 3.27. The van der Waals surface area contributed by atoms with E-state index in [2.05, 4.69) is 27.8 Å². The molecular weight excluding hydrogens is 326 g/mol. The zero-order valence-electron chi connectivity index (χ0n) is 11.0. The largest absolute Gasteiger partial charge is 0.486 e. The van der Waals surface area contributed by atoms with Gasteiger partial charge in [0, 0.05) is 12.6 Å². The van der Waals surface area contributed by atoms with Crippen molar-refractivity contribution in [1.82, 2.24) is 9.55 Å². The molecule has 0 saturated heterocycles. The van der Waals surface area contributed by atoms with Crippen LogP contribution in [0.15, 0.2) is 35.2 Å². The first-order chi connectivity index (χ1) is 9.61. The van der Waals surface area contributed by atoms with Crippen molar-refractivity contribution in [3.63, 3.8) is 0 Å². The summed E-state index contributed by atoms with van der Waals surface area (Å²) in [5.41, 5.74) is 0.940. The van der Waals surface area contributed by atoms with Gasteiger partial charge in [-0.3, -0.25) is 10.1 Å². The highest BCUT2D eigenvalue weighted by Crippen LogP contribution is 2.29. The third-order valence-electron chi connectivity index (χ3n) is 2.76. The standard InChI is InChI=1S/C13H14BrN3O3/c1-2-5-16-9-15-7-11(16)8-20-13-6-10(17(18)19)3-4-12(13)14/h3-4,6-7,9H,2,5,8H2,1H3. The van der Waals surface area contributed by atoms with Crippen molar-refractivity contribution in [3.8, 4) is 5.75 Å². The number of rotatable bonds is 6. The molecule has 0 unspecified atom stereocenters. The molecule has 6 nitrogen and oxygen atoms in total. The maximum Gasteiger partial charge on any atom is 0.273 e. The lowest BCUT2D eigenvalue weighted by molar-refractivity contribution is -0.385. The molecule has 20 heavy (non-hydrogen) atoms. The predicted octanol–water partition coefficient (Wildman–Crippen LogP) is 3.54. The quantitative estimate of drug-likeness (QED) is 0.596. The number of non-ortho nitro benzene ring substituents is 1. The highest BCUT2D eigenvalue weighted by Gasteiger charge is 2.11. The highest BCUT2D eigenvalue weighted by atomic mass is 79.9. The smallest absolute Gasteiger partial charge is 0.273 e. The van der Waals surface area contributed by atoms with E-state index >= 15 is 0 Å². The monoisotopic (exact) mass is 339 g/mol. The van der Waals surface area contributed by atoms with Crippen molar-refractivity contribution < 1.29 is 9.66 Å². The summed E-state index contributed by atoms with van der Waals surface area (Å²) in [5, 5.41) is 10.8. The number of ether oxygens (including phenoxy) is 1. The van der Waals surface area contributed by atoms with Crippen molar-refractivity contribution in [1.29, 1.82) is 0 Å². The molecule has 106 valence electrons. The van der Waals surface area contributed by atoms with Gasteiger partial charge in [0.05, 0.1) is 33.7 Å². The SMILES string of the molecule is CCCn1cncc1COc1cc([N+](=O)[O-])ccc1Br. The Bertz CT molecular complexity index is 613. The van der Waals surface area contributed by atoms with Crippen LogP contribution < -0.4 is 4.74 Å². The maximum atomic E-state index is 10.8. The summed E-state index contributed by atoms with van der Waals surface area (Å²) in [6, 6.07) is 4.44. The maximum absolute atomic E-state index is 10.8. The van der Waals surface area contributed by atoms with Gasteiger partial charge in [-0.15, -0.1) is 0 Å². The molecule has 0 fully saturated rings. The number of aryl methyl sites for hydroxylation is 1. The van der Waals surface area contributed by atoms with Gasteiger partial charge in [-0.1, -0.05) is 6.92 Å². The van der Waals surface area contributed by atoms with Crippen LogP contribution in [0.5, 0.6) is 5.75 Å². The van der Waals surface area contributed by atoms with E-state index in [1.54, 1.807) is 18.6 Å². The molecule has 0 atom stereocenters. The number of nitro benzene ring substituents is 1. The highest BCUT2D eigenvalue weighted by molar-refractivity contribution is 9.10. The molecule has 0 saturated carbocycles. The topological polar surface area (TPSA) is 70.2 Å². The van der Waals surface area contributed by atoms with Gasteiger partial charge >= 0.3 is 0 Å². The summed E-state index contributed by atoms with van der Waals surface area (Å²) >= 11 is 3.32. The number of nitro groups is 1. The van der Waals surface area contributed by atoms with Crippen LogP contribution >= 0.6 is 15.9 Å². The third kappa shape index (κ3) is 3.36. The van der Waals surface area contributed by atoms with Crippen LogP contribution in [0.25, 0.3) is 0 Å². The Kier molecular flexibility index (Phi) is 4.73. The van der Waals surface area contributed by atoms with Crippen LogP contribution in [-0.2, 0) is 13.2 Å². The minimum atomic E-state index is -0.444. The van der Waals surface area contributed by atoms with E-state index in [1.165, 1.54) is 12.1 Å². The second-order valence-corrected chi connectivity index (χ2v) is 5.09. The fourth-order valence-corrected chi connectivity index (χ4v) is 2.14. The van der Waals surface area contributed by atoms with Crippen LogP contribution in [0.4, 0.5) is 5.69 Å². The second kappa shape index (κ2) is 6.51. The molecule has 0 N–H and O–H groups in total. The third-order valence-corrected chi connectivity index (χ3v) is 3.42. The first-order valence-electron chi connectivity index (χ1n) is 6.17. The molecule has 0 amide bonds. The number of nitrogens with zero attached hydrogens (tertiary/aromatic N) is 3. The van der Waals surface area contributed by atoms with Crippen LogP contribution in [0.3, 0.4) is 0 Å². The first kappa shape index (κ1) is 14.5. The minimum absolute atomic E-state index is 0.00488. The van der Waals surface area contributed by atoms with E-state index in [9.17, 15) is 10.1 Å². The Hall–Kier alpha value is -1.89. The van der Waals surface area contributed by atoms with Crippen molar-refractivity contribution in [2.75, 3.05) is 0 Å². The molecule has 1 aromatic heterocycles. The molecule has 2 aromatic rings. The van der Waals surface area contributed by atoms with Crippen LogP contribution in [0, 0.1) is 10.1 Å². The Morgan fingerprint density at radius 2 is 2.30 bits per heavy atom. The zero-order valence-corrected chi connectivity index (χ0v) is 12.5. The van der Waals surface area contributed by atoms with E-state index in [0.29, 0.717) is 16.8 Å². The number of imidazole rings is 1. The van der Waals surface area contributed by atoms with Crippen molar-refractivity contribution in [2.45, 2.75) is 26.5 Å². The van der Waals surface area contributed by atoms with Gasteiger partial charge in [0.2, 0.25) is 0 Å². The molecule has 2 rings (SSSR count). The number of halogens is 1. The molecule has 0 aliphatic heterocycles. The molecule has 0 spiro atoms. The fourth-order valence-electron chi connectivity index (χ4n) is 1.78. The van der Waals surface area contributed by atoms with Gasteiger partial charge in [-0.2, -0.15) is 0 Å². The number of aromatic nitrogens is 2. The molecule has 1 aromatic carbocycles.